The zero-order valence-electron chi connectivity index (χ0n) is 16.0. The molecule has 0 saturated heterocycles. The van der Waals surface area contributed by atoms with Gasteiger partial charge in [0.05, 0.1) is 11.4 Å². The molecular formula is C20H21N5O2S2. The summed E-state index contributed by atoms with van der Waals surface area (Å²) >= 11 is 2.94. The molecule has 0 radical (unpaired) electrons. The highest BCUT2D eigenvalue weighted by Gasteiger charge is 2.17. The summed E-state index contributed by atoms with van der Waals surface area (Å²) in [6.07, 6.45) is 7.94. The van der Waals surface area contributed by atoms with E-state index in [1.807, 2.05) is 17.8 Å². The van der Waals surface area contributed by atoms with Gasteiger partial charge in [-0.25, -0.2) is 9.97 Å². The zero-order valence-corrected chi connectivity index (χ0v) is 17.6. The molecule has 3 aromatic rings. The Bertz CT molecular complexity index is 1000. The van der Waals surface area contributed by atoms with Crippen molar-refractivity contribution in [1.82, 2.24) is 14.5 Å². The van der Waals surface area contributed by atoms with Crippen molar-refractivity contribution in [2.75, 3.05) is 16.4 Å². The molecule has 1 aliphatic carbocycles. The molecule has 1 aliphatic rings. The van der Waals surface area contributed by atoms with E-state index in [-0.39, 0.29) is 17.6 Å². The zero-order chi connectivity index (χ0) is 20.2. The van der Waals surface area contributed by atoms with Crippen LogP contribution in [0.5, 0.6) is 0 Å². The summed E-state index contributed by atoms with van der Waals surface area (Å²) in [7, 11) is 1.89. The number of nitrogens with zero attached hydrogens (tertiary/aromatic N) is 3. The lowest BCUT2D eigenvalue weighted by molar-refractivity contribution is -0.113. The molecule has 0 saturated carbocycles. The summed E-state index contributed by atoms with van der Waals surface area (Å²) in [5, 5.41) is 7.17. The maximum Gasteiger partial charge on any atom is 0.257 e. The quantitative estimate of drug-likeness (QED) is 0.585. The Morgan fingerprint density at radius 3 is 2.69 bits per heavy atom. The van der Waals surface area contributed by atoms with E-state index in [0.29, 0.717) is 16.4 Å². The van der Waals surface area contributed by atoms with Gasteiger partial charge in [0.25, 0.3) is 5.91 Å². The molecule has 2 amide bonds. The van der Waals surface area contributed by atoms with Gasteiger partial charge >= 0.3 is 0 Å². The SMILES string of the molecule is Cn1ccnc1SCC(=O)Nc1ccc(C(=O)Nc2nc3c(s2)CCCC3)cc1. The Hall–Kier alpha value is -2.65. The normalized spacial score (nSPS) is 13.0. The summed E-state index contributed by atoms with van der Waals surface area (Å²) in [5.74, 6) is -0.0511. The van der Waals surface area contributed by atoms with E-state index in [0.717, 1.165) is 30.1 Å². The molecular weight excluding hydrogens is 406 g/mol. The number of amides is 2. The molecule has 0 fully saturated rings. The van der Waals surface area contributed by atoms with Gasteiger partial charge in [0.1, 0.15) is 0 Å². The molecule has 2 N–H and O–H groups in total. The number of rotatable bonds is 6. The second-order valence-electron chi connectivity index (χ2n) is 6.79. The smallest absolute Gasteiger partial charge is 0.257 e. The fourth-order valence-electron chi connectivity index (χ4n) is 3.10. The first-order valence-electron chi connectivity index (χ1n) is 9.38. The largest absolute Gasteiger partial charge is 0.329 e. The monoisotopic (exact) mass is 427 g/mol. The minimum atomic E-state index is -0.195. The summed E-state index contributed by atoms with van der Waals surface area (Å²) in [4.78, 5) is 34.6. The molecule has 9 heteroatoms. The lowest BCUT2D eigenvalue weighted by Crippen LogP contribution is -2.15. The van der Waals surface area contributed by atoms with Gasteiger partial charge in [0.2, 0.25) is 5.91 Å². The number of fused-ring (bicyclic) bond motifs is 1. The fraction of sp³-hybridized carbons (Fsp3) is 0.300. The number of anilines is 2. The van der Waals surface area contributed by atoms with E-state index >= 15 is 0 Å². The van der Waals surface area contributed by atoms with Gasteiger partial charge in [0.15, 0.2) is 10.3 Å². The van der Waals surface area contributed by atoms with E-state index in [2.05, 4.69) is 20.6 Å². The number of carbonyl (C=O) groups excluding carboxylic acids is 2. The minimum absolute atomic E-state index is 0.122. The molecule has 0 spiro atoms. The second kappa shape index (κ2) is 8.79. The molecule has 29 heavy (non-hydrogen) atoms. The lowest BCUT2D eigenvalue weighted by Gasteiger charge is -2.07. The van der Waals surface area contributed by atoms with Crippen molar-refractivity contribution in [3.8, 4) is 0 Å². The number of thiazole rings is 1. The van der Waals surface area contributed by atoms with Gasteiger partial charge in [-0.1, -0.05) is 11.8 Å². The first-order valence-corrected chi connectivity index (χ1v) is 11.2. The summed E-state index contributed by atoms with van der Waals surface area (Å²) in [6.45, 7) is 0. The van der Waals surface area contributed by atoms with Gasteiger partial charge in [-0.3, -0.25) is 14.9 Å². The first kappa shape index (κ1) is 19.7. The van der Waals surface area contributed by atoms with Crippen LogP contribution in [-0.4, -0.2) is 32.1 Å². The fourth-order valence-corrected chi connectivity index (χ4v) is 4.87. The standard InChI is InChI=1S/C20H21N5O2S2/c1-25-11-10-21-20(25)28-12-17(26)22-14-8-6-13(7-9-14)18(27)24-19-23-15-4-2-3-5-16(15)29-19/h6-11H,2-5,12H2,1H3,(H,22,26)(H,23,24,27). The highest BCUT2D eigenvalue weighted by Crippen LogP contribution is 2.29. The first-order chi connectivity index (χ1) is 14.1. The molecule has 0 atom stereocenters. The van der Waals surface area contributed by atoms with E-state index in [1.165, 1.54) is 23.1 Å². The van der Waals surface area contributed by atoms with E-state index in [1.54, 1.807) is 41.8 Å². The third-order valence-electron chi connectivity index (χ3n) is 4.61. The number of nitrogens with one attached hydrogen (secondary N) is 2. The molecule has 2 heterocycles. The van der Waals surface area contributed by atoms with Crippen LogP contribution in [-0.2, 0) is 24.7 Å². The lowest BCUT2D eigenvalue weighted by atomic mass is 10.0. The van der Waals surface area contributed by atoms with Gasteiger partial charge in [0, 0.05) is 35.6 Å². The Morgan fingerprint density at radius 2 is 1.97 bits per heavy atom. The van der Waals surface area contributed by atoms with Crippen LogP contribution >= 0.6 is 23.1 Å². The van der Waals surface area contributed by atoms with Crippen LogP contribution in [0.4, 0.5) is 10.8 Å². The van der Waals surface area contributed by atoms with Crippen molar-refractivity contribution in [3.63, 3.8) is 0 Å². The van der Waals surface area contributed by atoms with Crippen LogP contribution in [0.25, 0.3) is 0 Å². The van der Waals surface area contributed by atoms with Crippen LogP contribution in [0.2, 0.25) is 0 Å². The van der Waals surface area contributed by atoms with Crippen molar-refractivity contribution < 1.29 is 9.59 Å². The van der Waals surface area contributed by atoms with Crippen molar-refractivity contribution >= 4 is 45.7 Å². The van der Waals surface area contributed by atoms with Crippen LogP contribution in [0.1, 0.15) is 33.8 Å². The van der Waals surface area contributed by atoms with Gasteiger partial charge in [-0.05, 0) is 49.9 Å². The third-order valence-corrected chi connectivity index (χ3v) is 6.74. The summed E-state index contributed by atoms with van der Waals surface area (Å²) in [6, 6.07) is 6.85. The number of aromatic nitrogens is 3. The van der Waals surface area contributed by atoms with Gasteiger partial charge < -0.3 is 9.88 Å². The van der Waals surface area contributed by atoms with E-state index in [4.69, 9.17) is 0 Å². The summed E-state index contributed by atoms with van der Waals surface area (Å²) < 4.78 is 1.87. The minimum Gasteiger partial charge on any atom is -0.329 e. The van der Waals surface area contributed by atoms with Crippen LogP contribution in [0.15, 0.2) is 41.8 Å². The molecule has 1 aromatic carbocycles. The average Bonchev–Trinajstić information content (AvgIpc) is 3.32. The number of aryl methyl sites for hydroxylation is 3. The maximum atomic E-state index is 12.5. The van der Waals surface area contributed by atoms with E-state index in [9.17, 15) is 9.59 Å². The highest BCUT2D eigenvalue weighted by molar-refractivity contribution is 7.99. The highest BCUT2D eigenvalue weighted by atomic mass is 32.2. The van der Waals surface area contributed by atoms with Gasteiger partial charge in [-0.2, -0.15) is 0 Å². The van der Waals surface area contributed by atoms with Crippen LogP contribution in [0.3, 0.4) is 0 Å². The number of carbonyl (C=O) groups is 2. The van der Waals surface area contributed by atoms with Crippen molar-refractivity contribution in [3.05, 3.63) is 52.8 Å². The summed E-state index contributed by atoms with van der Waals surface area (Å²) in [5.41, 5.74) is 2.30. The molecule has 0 unspecified atom stereocenters. The van der Waals surface area contributed by atoms with Crippen molar-refractivity contribution in [1.29, 1.82) is 0 Å². The number of hydrogen-bond donors (Lipinski definition) is 2. The molecule has 2 aromatic heterocycles. The van der Waals surface area contributed by atoms with Crippen molar-refractivity contribution in [2.24, 2.45) is 7.05 Å². The number of imidazole rings is 1. The Morgan fingerprint density at radius 1 is 1.17 bits per heavy atom. The number of hydrogen-bond acceptors (Lipinski definition) is 6. The van der Waals surface area contributed by atoms with Crippen LogP contribution < -0.4 is 10.6 Å². The Balaban J connectivity index is 1.31. The molecule has 4 rings (SSSR count). The van der Waals surface area contributed by atoms with Crippen molar-refractivity contribution in [2.45, 2.75) is 30.8 Å². The topological polar surface area (TPSA) is 88.9 Å². The maximum absolute atomic E-state index is 12.5. The van der Waals surface area contributed by atoms with Gasteiger partial charge in [-0.15, -0.1) is 11.3 Å². The number of benzene rings is 1. The second-order valence-corrected chi connectivity index (χ2v) is 8.81. The Kier molecular flexibility index (Phi) is 5.96. The van der Waals surface area contributed by atoms with Crippen LogP contribution in [0, 0.1) is 0 Å². The molecule has 150 valence electrons. The molecule has 0 aliphatic heterocycles. The number of thioether (sulfide) groups is 1. The average molecular weight is 428 g/mol. The molecule has 7 nitrogen and oxygen atoms in total. The predicted octanol–water partition coefficient (Wildman–Crippen LogP) is 3.74. The predicted molar refractivity (Wildman–Crippen MR) is 116 cm³/mol. The Labute approximate surface area is 177 Å². The third kappa shape index (κ3) is 4.86. The molecule has 0 bridgehead atoms. The van der Waals surface area contributed by atoms with E-state index < -0.39 is 0 Å².